The number of phenols is 2. The topological polar surface area (TPSA) is 65.2 Å². The van der Waals surface area contributed by atoms with Crippen molar-refractivity contribution < 1.29 is 10.2 Å². The van der Waals surface area contributed by atoms with E-state index in [1.807, 2.05) is 36.0 Å². The molecular formula is C36H54N2O2S2. The van der Waals surface area contributed by atoms with Crippen molar-refractivity contribution in [2.45, 2.75) is 151 Å². The van der Waals surface area contributed by atoms with E-state index in [1.54, 1.807) is 0 Å². The Labute approximate surface area is 264 Å². The number of hydrogen-bond donors (Lipinski definition) is 2. The van der Waals surface area contributed by atoms with Crippen LogP contribution in [0.3, 0.4) is 0 Å². The first-order chi connectivity index (χ1) is 19.1. The predicted molar refractivity (Wildman–Crippen MR) is 186 cm³/mol. The van der Waals surface area contributed by atoms with Crippen molar-refractivity contribution in [1.29, 1.82) is 0 Å². The summed E-state index contributed by atoms with van der Waals surface area (Å²) in [5.41, 5.74) is 3.03. The maximum atomic E-state index is 11.3. The molecule has 0 spiro atoms. The molecule has 1 fully saturated rings. The molecule has 0 amide bonds. The number of rotatable bonds is 6. The molecule has 0 saturated heterocycles. The van der Waals surface area contributed by atoms with Gasteiger partial charge in [-0.25, -0.2) is 0 Å². The van der Waals surface area contributed by atoms with Crippen LogP contribution in [-0.4, -0.2) is 44.2 Å². The third kappa shape index (κ3) is 9.80. The van der Waals surface area contributed by atoms with Gasteiger partial charge < -0.3 is 10.2 Å². The van der Waals surface area contributed by atoms with Gasteiger partial charge in [-0.1, -0.05) is 95.9 Å². The van der Waals surface area contributed by atoms with Gasteiger partial charge in [0.25, 0.3) is 0 Å². The van der Waals surface area contributed by atoms with E-state index in [0.29, 0.717) is 11.5 Å². The average molecular weight is 611 g/mol. The number of thioether (sulfide) groups is 2. The minimum atomic E-state index is -0.188. The van der Waals surface area contributed by atoms with Gasteiger partial charge in [0.1, 0.15) is 11.5 Å². The molecule has 2 aromatic rings. The van der Waals surface area contributed by atoms with Crippen LogP contribution in [-0.2, 0) is 10.8 Å². The third-order valence-corrected chi connectivity index (χ3v) is 9.36. The van der Waals surface area contributed by atoms with E-state index in [2.05, 4.69) is 107 Å². The van der Waals surface area contributed by atoms with Gasteiger partial charge >= 0.3 is 0 Å². The lowest BCUT2D eigenvalue weighted by molar-refractivity contribution is 0.389. The minimum absolute atomic E-state index is 0.0303. The van der Waals surface area contributed by atoms with Crippen molar-refractivity contribution in [3.63, 3.8) is 0 Å². The summed E-state index contributed by atoms with van der Waals surface area (Å²) in [7, 11) is 0. The van der Waals surface area contributed by atoms with Gasteiger partial charge in [0, 0.05) is 54.0 Å². The molecule has 232 valence electrons. The summed E-state index contributed by atoms with van der Waals surface area (Å²) >= 11 is 3.62. The Balaban J connectivity index is 1.97. The molecule has 1 aliphatic carbocycles. The lowest BCUT2D eigenvalue weighted by atomic mass is 9.85. The lowest BCUT2D eigenvalue weighted by Crippen LogP contribution is -2.27. The van der Waals surface area contributed by atoms with Crippen LogP contribution >= 0.6 is 23.5 Å². The van der Waals surface area contributed by atoms with Gasteiger partial charge in [0.15, 0.2) is 0 Å². The molecule has 0 aromatic heterocycles. The molecule has 4 nitrogen and oxygen atoms in total. The summed E-state index contributed by atoms with van der Waals surface area (Å²) in [5, 5.41) is 22.5. The molecule has 0 unspecified atom stereocenters. The van der Waals surface area contributed by atoms with Crippen molar-refractivity contribution in [3.8, 4) is 11.5 Å². The first kappa shape index (κ1) is 34.6. The first-order valence-corrected chi connectivity index (χ1v) is 17.0. The number of aromatic hydroxyl groups is 2. The van der Waals surface area contributed by atoms with Crippen LogP contribution in [0, 0.1) is 0 Å². The molecule has 6 heteroatoms. The summed E-state index contributed by atoms with van der Waals surface area (Å²) in [6, 6.07) is 8.44. The van der Waals surface area contributed by atoms with Crippen molar-refractivity contribution >= 4 is 36.0 Å². The third-order valence-electron chi connectivity index (χ3n) is 7.19. The van der Waals surface area contributed by atoms with E-state index in [0.717, 1.165) is 57.7 Å². The maximum absolute atomic E-state index is 11.3. The molecule has 0 heterocycles. The summed E-state index contributed by atoms with van der Waals surface area (Å²) in [4.78, 5) is 12.4. The fourth-order valence-electron chi connectivity index (χ4n) is 5.22. The highest BCUT2D eigenvalue weighted by atomic mass is 32.2. The Bertz CT molecular complexity index is 1200. The molecule has 2 atom stereocenters. The molecule has 42 heavy (non-hydrogen) atoms. The Morgan fingerprint density at radius 2 is 0.929 bits per heavy atom. The van der Waals surface area contributed by atoms with Gasteiger partial charge in [-0.2, -0.15) is 0 Å². The molecule has 1 aliphatic rings. The summed E-state index contributed by atoms with van der Waals surface area (Å²) in [5.74, 6) is 0.626. The van der Waals surface area contributed by atoms with Crippen LogP contribution in [0.15, 0.2) is 44.0 Å². The SMILES string of the molecule is CC(C)(C)Sc1cc(C=N[C@@H]2CCCC[C@H]2N=Cc2cc(SC(C)(C)C)cc(C(C)(C)C)c2O)c(O)c(C(C)(C)C)c1. The number of nitrogens with zero attached hydrogens (tertiary/aromatic N) is 2. The van der Waals surface area contributed by atoms with E-state index in [-0.39, 0.29) is 32.4 Å². The van der Waals surface area contributed by atoms with Gasteiger partial charge in [0.2, 0.25) is 0 Å². The lowest BCUT2D eigenvalue weighted by Gasteiger charge is -2.27. The van der Waals surface area contributed by atoms with Crippen molar-refractivity contribution in [2.75, 3.05) is 0 Å². The summed E-state index contributed by atoms with van der Waals surface area (Å²) in [6.07, 6.45) is 7.88. The van der Waals surface area contributed by atoms with Gasteiger partial charge in [0.05, 0.1) is 12.1 Å². The average Bonchev–Trinajstić information content (AvgIpc) is 2.81. The summed E-state index contributed by atoms with van der Waals surface area (Å²) < 4.78 is 0.121. The molecule has 2 N–H and O–H groups in total. The highest BCUT2D eigenvalue weighted by molar-refractivity contribution is 8.00. The van der Waals surface area contributed by atoms with Crippen LogP contribution in [0.25, 0.3) is 0 Å². The minimum Gasteiger partial charge on any atom is -0.507 e. The number of phenolic OH excluding ortho intramolecular Hbond substituents is 2. The quantitative estimate of drug-likeness (QED) is 0.252. The van der Waals surface area contributed by atoms with Crippen molar-refractivity contribution in [2.24, 2.45) is 9.98 Å². The normalized spacial score (nSPS) is 19.2. The largest absolute Gasteiger partial charge is 0.507 e. The number of hydrogen-bond acceptors (Lipinski definition) is 6. The Morgan fingerprint density at radius 1 is 0.595 bits per heavy atom. The van der Waals surface area contributed by atoms with Crippen LogP contribution in [0.4, 0.5) is 0 Å². The number of benzene rings is 2. The predicted octanol–water partition coefficient (Wildman–Crippen LogP) is 10.3. The molecule has 2 aromatic carbocycles. The molecule has 0 aliphatic heterocycles. The van der Waals surface area contributed by atoms with E-state index in [9.17, 15) is 10.2 Å². The van der Waals surface area contributed by atoms with Crippen LogP contribution in [0.1, 0.15) is 131 Å². The standard InChI is InChI=1S/C36H54N2O2S2/c1-33(2,3)27-19-25(41-35(7,8)9)17-23(31(27)39)21-37-29-15-13-14-16-30(29)38-22-24-18-26(42-36(10,11)12)20-28(32(24)40)34(4,5)6/h17-22,29-30,39-40H,13-16H2,1-12H3/t29-,30-/m1/s1. The fourth-order valence-corrected chi connectivity index (χ4v) is 7.36. The molecule has 3 rings (SSSR count). The highest BCUT2D eigenvalue weighted by Crippen LogP contribution is 2.41. The Hall–Kier alpha value is -1.92. The molecule has 0 bridgehead atoms. The second-order valence-corrected chi connectivity index (χ2v) is 19.5. The zero-order valence-corrected chi connectivity index (χ0v) is 29.7. The van der Waals surface area contributed by atoms with Gasteiger partial charge in [-0.3, -0.25) is 9.98 Å². The Kier molecular flexibility index (Phi) is 10.7. The zero-order valence-electron chi connectivity index (χ0n) is 28.1. The molecule has 0 radical (unpaired) electrons. The second-order valence-electron chi connectivity index (χ2n) is 15.7. The first-order valence-electron chi connectivity index (χ1n) is 15.3. The molecular weight excluding hydrogens is 557 g/mol. The van der Waals surface area contributed by atoms with Crippen molar-refractivity contribution in [3.05, 3.63) is 46.5 Å². The van der Waals surface area contributed by atoms with Crippen LogP contribution in [0.5, 0.6) is 11.5 Å². The van der Waals surface area contributed by atoms with E-state index in [1.165, 1.54) is 0 Å². The monoisotopic (exact) mass is 610 g/mol. The smallest absolute Gasteiger partial charge is 0.128 e. The Morgan fingerprint density at radius 3 is 1.21 bits per heavy atom. The second kappa shape index (κ2) is 13.0. The van der Waals surface area contributed by atoms with Crippen LogP contribution < -0.4 is 0 Å². The summed E-state index contributed by atoms with van der Waals surface area (Å²) in [6.45, 7) is 26.1. The van der Waals surface area contributed by atoms with Crippen molar-refractivity contribution in [1.82, 2.24) is 0 Å². The van der Waals surface area contributed by atoms with E-state index < -0.39 is 0 Å². The van der Waals surface area contributed by atoms with Gasteiger partial charge in [-0.15, -0.1) is 23.5 Å². The van der Waals surface area contributed by atoms with Gasteiger partial charge in [-0.05, 0) is 47.9 Å². The van der Waals surface area contributed by atoms with E-state index >= 15 is 0 Å². The van der Waals surface area contributed by atoms with Crippen LogP contribution in [0.2, 0.25) is 0 Å². The van der Waals surface area contributed by atoms with E-state index in [4.69, 9.17) is 9.98 Å². The fraction of sp³-hybridized carbons (Fsp3) is 0.611. The molecule has 1 saturated carbocycles. The highest BCUT2D eigenvalue weighted by Gasteiger charge is 2.27. The zero-order chi connectivity index (χ0) is 31.7. The number of aliphatic imine (C=N–C) groups is 2. The maximum Gasteiger partial charge on any atom is 0.128 e.